The van der Waals surface area contributed by atoms with E-state index in [1.54, 1.807) is 36.6 Å². The van der Waals surface area contributed by atoms with Crippen LogP contribution >= 0.6 is 0 Å². The van der Waals surface area contributed by atoms with Gasteiger partial charge in [0, 0.05) is 23.8 Å². The lowest BCUT2D eigenvalue weighted by Gasteiger charge is -2.03. The van der Waals surface area contributed by atoms with Crippen LogP contribution in [0.3, 0.4) is 0 Å². The summed E-state index contributed by atoms with van der Waals surface area (Å²) in [5.74, 6) is -1.07. The van der Waals surface area contributed by atoms with E-state index in [1.807, 2.05) is 0 Å². The van der Waals surface area contributed by atoms with E-state index >= 15 is 0 Å². The number of carbonyl (C=O) groups is 2. The molecule has 0 radical (unpaired) electrons. The fraction of sp³-hybridized carbons (Fsp3) is 0.111. The lowest BCUT2D eigenvalue weighted by Crippen LogP contribution is -2.06. The Kier molecular flexibility index (Phi) is 3.83. The van der Waals surface area contributed by atoms with Gasteiger partial charge < -0.3 is 4.42 Å². The summed E-state index contributed by atoms with van der Waals surface area (Å²) in [6.45, 7) is 0. The van der Waals surface area contributed by atoms with Crippen molar-refractivity contribution >= 4 is 22.5 Å². The number of hydrogen-bond donors (Lipinski definition) is 0. The first-order valence-corrected chi connectivity index (χ1v) is 6.93. The van der Waals surface area contributed by atoms with Gasteiger partial charge in [-0.2, -0.15) is 0 Å². The van der Waals surface area contributed by atoms with Gasteiger partial charge in [0.2, 0.25) is 0 Å². The maximum atomic E-state index is 13.5. The number of rotatable bonds is 5. The normalized spacial score (nSPS) is 10.8. The van der Waals surface area contributed by atoms with E-state index in [0.29, 0.717) is 11.1 Å². The summed E-state index contributed by atoms with van der Waals surface area (Å²) >= 11 is 0. The Morgan fingerprint density at radius 1 is 0.955 bits per heavy atom. The zero-order valence-corrected chi connectivity index (χ0v) is 11.7. The summed E-state index contributed by atoms with van der Waals surface area (Å²) in [5.41, 5.74) is 1.26. The van der Waals surface area contributed by atoms with Crippen molar-refractivity contribution in [3.63, 3.8) is 0 Å². The van der Waals surface area contributed by atoms with Gasteiger partial charge >= 0.3 is 0 Å². The van der Waals surface area contributed by atoms with E-state index in [2.05, 4.69) is 0 Å². The smallest absolute Gasteiger partial charge is 0.166 e. The maximum Gasteiger partial charge on any atom is 0.166 e. The van der Waals surface area contributed by atoms with E-state index in [1.165, 1.54) is 18.2 Å². The van der Waals surface area contributed by atoms with Crippen LogP contribution < -0.4 is 0 Å². The first kappa shape index (κ1) is 14.2. The number of ketones is 2. The minimum atomic E-state index is -0.556. The van der Waals surface area contributed by atoms with Gasteiger partial charge in [0.25, 0.3) is 0 Å². The summed E-state index contributed by atoms with van der Waals surface area (Å²) in [6.07, 6.45) is 1.60. The largest absolute Gasteiger partial charge is 0.464 e. The highest BCUT2D eigenvalue weighted by Gasteiger charge is 2.14. The van der Waals surface area contributed by atoms with Crippen molar-refractivity contribution in [1.29, 1.82) is 0 Å². The van der Waals surface area contributed by atoms with Gasteiger partial charge in [-0.25, -0.2) is 4.39 Å². The fourth-order valence-corrected chi connectivity index (χ4v) is 2.33. The van der Waals surface area contributed by atoms with Crippen LogP contribution in [-0.2, 0) is 0 Å². The van der Waals surface area contributed by atoms with Gasteiger partial charge in [0.05, 0.1) is 11.8 Å². The molecular formula is C18H13FO3. The standard InChI is InChI=1S/C18H13FO3/c19-15-4-2-1-3-14(15)17(21)7-6-16(20)12-5-8-18-13(11-12)9-10-22-18/h1-5,8-11H,6-7H2. The molecule has 0 aliphatic heterocycles. The quantitative estimate of drug-likeness (QED) is 0.655. The zero-order chi connectivity index (χ0) is 15.5. The number of Topliss-reactive ketones (excluding diaryl/α,β-unsaturated/α-hetero) is 2. The highest BCUT2D eigenvalue weighted by atomic mass is 19.1. The average Bonchev–Trinajstić information content (AvgIpc) is 3.00. The van der Waals surface area contributed by atoms with Crippen LogP contribution in [0.4, 0.5) is 4.39 Å². The first-order valence-electron chi connectivity index (χ1n) is 6.93. The molecule has 0 amide bonds. The van der Waals surface area contributed by atoms with Crippen molar-refractivity contribution in [3.05, 3.63) is 71.7 Å². The van der Waals surface area contributed by atoms with Crippen LogP contribution in [0.5, 0.6) is 0 Å². The Bertz CT molecular complexity index is 848. The summed E-state index contributed by atoms with van der Waals surface area (Å²) < 4.78 is 18.7. The predicted octanol–water partition coefficient (Wildman–Crippen LogP) is 4.42. The third kappa shape index (κ3) is 2.81. The van der Waals surface area contributed by atoms with Gasteiger partial charge in [-0.15, -0.1) is 0 Å². The molecule has 4 heteroatoms. The van der Waals surface area contributed by atoms with E-state index in [-0.39, 0.29) is 30.0 Å². The molecule has 0 unspecified atom stereocenters. The van der Waals surface area contributed by atoms with Crippen LogP contribution in [0.15, 0.2) is 59.2 Å². The first-order chi connectivity index (χ1) is 10.6. The second-order valence-electron chi connectivity index (χ2n) is 5.00. The van der Waals surface area contributed by atoms with Gasteiger partial charge in [-0.05, 0) is 36.4 Å². The molecular weight excluding hydrogens is 283 g/mol. The van der Waals surface area contributed by atoms with Crippen molar-refractivity contribution in [3.8, 4) is 0 Å². The average molecular weight is 296 g/mol. The van der Waals surface area contributed by atoms with Crippen LogP contribution in [0.25, 0.3) is 11.0 Å². The van der Waals surface area contributed by atoms with Crippen molar-refractivity contribution in [2.24, 2.45) is 0 Å². The molecule has 0 aliphatic rings. The summed E-state index contributed by atoms with van der Waals surface area (Å²) in [6, 6.07) is 12.7. The van der Waals surface area contributed by atoms with E-state index < -0.39 is 5.82 Å². The Morgan fingerprint density at radius 2 is 1.73 bits per heavy atom. The second kappa shape index (κ2) is 5.93. The van der Waals surface area contributed by atoms with E-state index in [9.17, 15) is 14.0 Å². The number of benzene rings is 2. The number of fused-ring (bicyclic) bond motifs is 1. The lowest BCUT2D eigenvalue weighted by molar-refractivity contribution is 0.0915. The van der Waals surface area contributed by atoms with Crippen molar-refractivity contribution in [2.45, 2.75) is 12.8 Å². The minimum absolute atomic E-state index is 0.0107. The van der Waals surface area contributed by atoms with Crippen LogP contribution in [-0.4, -0.2) is 11.6 Å². The molecule has 2 aromatic carbocycles. The molecule has 3 aromatic rings. The molecule has 0 saturated heterocycles. The SMILES string of the molecule is O=C(CCC(=O)c1ccccc1F)c1ccc2occc2c1. The van der Waals surface area contributed by atoms with Crippen LogP contribution in [0, 0.1) is 5.82 Å². The predicted molar refractivity (Wildman–Crippen MR) is 80.5 cm³/mol. The minimum Gasteiger partial charge on any atom is -0.464 e. The Balaban J connectivity index is 1.69. The molecule has 1 aromatic heterocycles. The molecule has 0 atom stereocenters. The molecule has 0 N–H and O–H groups in total. The highest BCUT2D eigenvalue weighted by Crippen LogP contribution is 2.19. The molecule has 0 bridgehead atoms. The van der Waals surface area contributed by atoms with Gasteiger partial charge in [0.1, 0.15) is 11.4 Å². The molecule has 0 spiro atoms. The monoisotopic (exact) mass is 296 g/mol. The van der Waals surface area contributed by atoms with Gasteiger partial charge in [0.15, 0.2) is 11.6 Å². The Hall–Kier alpha value is -2.75. The number of carbonyl (C=O) groups excluding carboxylic acids is 2. The molecule has 0 fully saturated rings. The molecule has 110 valence electrons. The molecule has 22 heavy (non-hydrogen) atoms. The molecule has 3 rings (SSSR count). The molecule has 3 nitrogen and oxygen atoms in total. The lowest BCUT2D eigenvalue weighted by atomic mass is 10.0. The number of hydrogen-bond acceptors (Lipinski definition) is 3. The summed E-state index contributed by atoms with van der Waals surface area (Å²) in [7, 11) is 0. The van der Waals surface area contributed by atoms with Crippen LogP contribution in [0.1, 0.15) is 33.6 Å². The highest BCUT2D eigenvalue weighted by molar-refractivity contribution is 6.03. The van der Waals surface area contributed by atoms with Crippen molar-refractivity contribution in [2.75, 3.05) is 0 Å². The Morgan fingerprint density at radius 3 is 2.55 bits per heavy atom. The van der Waals surface area contributed by atoms with E-state index in [0.717, 1.165) is 5.39 Å². The van der Waals surface area contributed by atoms with Crippen molar-refractivity contribution < 1.29 is 18.4 Å². The third-order valence-corrected chi connectivity index (χ3v) is 3.53. The van der Waals surface area contributed by atoms with E-state index in [4.69, 9.17) is 4.42 Å². The fourth-order valence-electron chi connectivity index (χ4n) is 2.33. The molecule has 1 heterocycles. The maximum absolute atomic E-state index is 13.5. The van der Waals surface area contributed by atoms with Crippen LogP contribution in [0.2, 0.25) is 0 Å². The number of halogens is 1. The number of furan rings is 1. The summed E-state index contributed by atoms with van der Waals surface area (Å²) in [4.78, 5) is 24.1. The molecule has 0 saturated carbocycles. The topological polar surface area (TPSA) is 47.3 Å². The van der Waals surface area contributed by atoms with Crippen molar-refractivity contribution in [1.82, 2.24) is 0 Å². The Labute approximate surface area is 126 Å². The molecule has 0 aliphatic carbocycles. The van der Waals surface area contributed by atoms with Gasteiger partial charge in [-0.1, -0.05) is 12.1 Å². The second-order valence-corrected chi connectivity index (χ2v) is 5.00. The van der Waals surface area contributed by atoms with Gasteiger partial charge in [-0.3, -0.25) is 9.59 Å². The third-order valence-electron chi connectivity index (χ3n) is 3.53. The summed E-state index contributed by atoms with van der Waals surface area (Å²) in [5, 5.41) is 0.839. The zero-order valence-electron chi connectivity index (χ0n) is 11.7.